The highest BCUT2D eigenvalue weighted by atomic mass is 35.5. The lowest BCUT2D eigenvalue weighted by Crippen LogP contribution is -2.19. The van der Waals surface area contributed by atoms with Gasteiger partial charge >= 0.3 is 6.36 Å². The van der Waals surface area contributed by atoms with Crippen molar-refractivity contribution in [1.29, 1.82) is 5.26 Å². The lowest BCUT2D eigenvalue weighted by molar-refractivity contribution is -0.274. The number of nitrogens with two attached hydrogens (primary N) is 1. The van der Waals surface area contributed by atoms with E-state index in [9.17, 15) is 13.2 Å². The smallest absolute Gasteiger partial charge is 0.402 e. The zero-order valence-electron chi connectivity index (χ0n) is 7.68. The van der Waals surface area contributed by atoms with E-state index in [1.807, 2.05) is 0 Å². The predicted molar refractivity (Wildman–Crippen MR) is 49.6 cm³/mol. The zero-order valence-corrected chi connectivity index (χ0v) is 8.43. The van der Waals surface area contributed by atoms with E-state index in [1.54, 1.807) is 6.07 Å². The van der Waals surface area contributed by atoms with Gasteiger partial charge in [-0.1, -0.05) is 0 Å². The first-order valence-corrected chi connectivity index (χ1v) is 4.41. The molecule has 0 aromatic carbocycles. The highest BCUT2D eigenvalue weighted by Crippen LogP contribution is 2.33. The minimum absolute atomic E-state index is 0.171. The first-order valence-electron chi connectivity index (χ1n) is 3.88. The Morgan fingerprint density at radius 3 is 2.62 bits per heavy atom. The third-order valence-electron chi connectivity index (χ3n) is 1.61. The van der Waals surface area contributed by atoms with Crippen LogP contribution in [0.15, 0.2) is 6.20 Å². The van der Waals surface area contributed by atoms with Gasteiger partial charge in [0, 0.05) is 6.20 Å². The molecule has 0 spiro atoms. The van der Waals surface area contributed by atoms with Gasteiger partial charge in [0.25, 0.3) is 0 Å². The summed E-state index contributed by atoms with van der Waals surface area (Å²) >= 11 is 5.38. The number of ether oxygens (including phenoxy) is 1. The largest absolute Gasteiger partial charge is 0.573 e. The number of rotatable bonds is 2. The average molecular weight is 252 g/mol. The molecule has 0 unspecified atom stereocenters. The van der Waals surface area contributed by atoms with Crippen molar-refractivity contribution < 1.29 is 17.9 Å². The summed E-state index contributed by atoms with van der Waals surface area (Å²) in [5.74, 6) is -1.03. The van der Waals surface area contributed by atoms with E-state index in [0.717, 1.165) is 6.20 Å². The minimum Gasteiger partial charge on any atom is -0.402 e. The molecule has 8 heteroatoms. The van der Waals surface area contributed by atoms with Gasteiger partial charge in [-0.2, -0.15) is 5.26 Å². The Morgan fingerprint density at radius 1 is 1.56 bits per heavy atom. The van der Waals surface area contributed by atoms with Crippen molar-refractivity contribution >= 4 is 17.3 Å². The fraction of sp³-hybridized carbons (Fsp3) is 0.250. The molecular formula is C8H5ClF3N3O. The highest BCUT2D eigenvalue weighted by Gasteiger charge is 2.33. The van der Waals surface area contributed by atoms with E-state index in [-0.39, 0.29) is 17.1 Å². The number of aromatic nitrogens is 1. The van der Waals surface area contributed by atoms with E-state index < -0.39 is 17.8 Å². The second-order valence-corrected chi connectivity index (χ2v) is 2.92. The van der Waals surface area contributed by atoms with Crippen LogP contribution in [0.25, 0.3) is 0 Å². The summed E-state index contributed by atoms with van der Waals surface area (Å²) in [7, 11) is 0. The van der Waals surface area contributed by atoms with Gasteiger partial charge in [0.2, 0.25) is 0 Å². The van der Waals surface area contributed by atoms with Gasteiger partial charge in [0.1, 0.15) is 6.07 Å². The van der Waals surface area contributed by atoms with Crippen molar-refractivity contribution in [1.82, 2.24) is 4.98 Å². The number of anilines is 1. The van der Waals surface area contributed by atoms with Crippen LogP contribution in [0.3, 0.4) is 0 Å². The Kier molecular flexibility index (Phi) is 3.44. The minimum atomic E-state index is -4.91. The maximum absolute atomic E-state index is 12.0. The number of pyridine rings is 1. The van der Waals surface area contributed by atoms with Crippen LogP contribution in [0.4, 0.5) is 18.9 Å². The maximum atomic E-state index is 12.0. The molecule has 0 radical (unpaired) electrons. The van der Waals surface area contributed by atoms with Gasteiger partial charge in [0.05, 0.1) is 22.8 Å². The highest BCUT2D eigenvalue weighted by molar-refractivity contribution is 6.17. The number of halogens is 4. The summed E-state index contributed by atoms with van der Waals surface area (Å²) in [6, 6.07) is 1.59. The molecule has 16 heavy (non-hydrogen) atoms. The standard InChI is InChI=1S/C8H5ClF3N3O/c9-1-5-7(16-8(10,11)12)6(14)4(2-13)3-15-5/h3H,1H2,(H2,14,15). The molecule has 0 amide bonds. The van der Waals surface area contributed by atoms with Gasteiger partial charge in [0.15, 0.2) is 5.75 Å². The second kappa shape index (κ2) is 4.45. The van der Waals surface area contributed by atoms with Crippen molar-refractivity contribution in [2.24, 2.45) is 0 Å². The number of hydrogen-bond acceptors (Lipinski definition) is 4. The van der Waals surface area contributed by atoms with Crippen molar-refractivity contribution in [3.05, 3.63) is 17.5 Å². The molecule has 86 valence electrons. The summed E-state index contributed by atoms with van der Waals surface area (Å²) in [6.45, 7) is 0. The lowest BCUT2D eigenvalue weighted by Gasteiger charge is -2.13. The molecule has 0 aliphatic rings. The lowest BCUT2D eigenvalue weighted by atomic mass is 10.2. The maximum Gasteiger partial charge on any atom is 0.573 e. The van der Waals surface area contributed by atoms with Crippen LogP contribution >= 0.6 is 11.6 Å². The summed E-state index contributed by atoms with van der Waals surface area (Å²) in [5, 5.41) is 8.57. The van der Waals surface area contributed by atoms with Crippen LogP contribution in [0.1, 0.15) is 11.3 Å². The van der Waals surface area contributed by atoms with Crippen LogP contribution < -0.4 is 10.5 Å². The Labute approximate surface area is 93.4 Å². The molecule has 4 nitrogen and oxygen atoms in total. The number of hydrogen-bond donors (Lipinski definition) is 1. The monoisotopic (exact) mass is 251 g/mol. The molecule has 0 aliphatic heterocycles. The van der Waals surface area contributed by atoms with Gasteiger partial charge < -0.3 is 10.5 Å². The predicted octanol–water partition coefficient (Wildman–Crippen LogP) is 2.17. The third kappa shape index (κ3) is 2.67. The summed E-state index contributed by atoms with van der Waals surface area (Å²) in [5.41, 5.74) is 4.53. The molecule has 1 aromatic heterocycles. The third-order valence-corrected chi connectivity index (χ3v) is 1.86. The number of nitriles is 1. The summed E-state index contributed by atoms with van der Waals surface area (Å²) in [4.78, 5) is 3.55. The van der Waals surface area contributed by atoms with E-state index in [4.69, 9.17) is 22.6 Å². The van der Waals surface area contributed by atoms with Crippen molar-refractivity contribution in [3.63, 3.8) is 0 Å². The SMILES string of the molecule is N#Cc1cnc(CCl)c(OC(F)(F)F)c1N. The van der Waals surface area contributed by atoms with E-state index in [2.05, 4.69) is 9.72 Å². The normalized spacial score (nSPS) is 10.9. The van der Waals surface area contributed by atoms with Crippen LogP contribution in [-0.4, -0.2) is 11.3 Å². The Morgan fingerprint density at radius 2 is 2.19 bits per heavy atom. The molecular weight excluding hydrogens is 247 g/mol. The molecule has 0 atom stereocenters. The van der Waals surface area contributed by atoms with Gasteiger partial charge in [-0.15, -0.1) is 24.8 Å². The van der Waals surface area contributed by atoms with Crippen LogP contribution in [-0.2, 0) is 5.88 Å². The molecule has 0 fully saturated rings. The van der Waals surface area contributed by atoms with Crippen molar-refractivity contribution in [2.45, 2.75) is 12.2 Å². The molecule has 1 aromatic rings. The van der Waals surface area contributed by atoms with Crippen LogP contribution in [0, 0.1) is 11.3 Å². The average Bonchev–Trinajstić information content (AvgIpc) is 2.19. The van der Waals surface area contributed by atoms with E-state index in [0.29, 0.717) is 0 Å². The zero-order chi connectivity index (χ0) is 12.3. The van der Waals surface area contributed by atoms with E-state index >= 15 is 0 Å². The molecule has 1 rings (SSSR count). The first kappa shape index (κ1) is 12.4. The molecule has 0 saturated heterocycles. The Bertz CT molecular complexity index is 441. The fourth-order valence-electron chi connectivity index (χ4n) is 0.962. The Hall–Kier alpha value is -1.68. The topological polar surface area (TPSA) is 71.9 Å². The number of nitrogens with zero attached hydrogens (tertiary/aromatic N) is 2. The Balaban J connectivity index is 3.28. The molecule has 1 heterocycles. The number of alkyl halides is 4. The molecule has 0 bridgehead atoms. The summed E-state index contributed by atoms with van der Waals surface area (Å²) in [6.07, 6.45) is -3.87. The van der Waals surface area contributed by atoms with Crippen LogP contribution in [0.5, 0.6) is 5.75 Å². The van der Waals surface area contributed by atoms with Gasteiger partial charge in [-0.05, 0) is 0 Å². The number of nitrogen functional groups attached to an aromatic ring is 1. The van der Waals surface area contributed by atoms with Crippen molar-refractivity contribution in [3.8, 4) is 11.8 Å². The fourth-order valence-corrected chi connectivity index (χ4v) is 1.15. The summed E-state index contributed by atoms with van der Waals surface area (Å²) < 4.78 is 39.8. The molecule has 0 saturated carbocycles. The van der Waals surface area contributed by atoms with Gasteiger partial charge in [-0.3, -0.25) is 4.98 Å². The molecule has 2 N–H and O–H groups in total. The van der Waals surface area contributed by atoms with Crippen LogP contribution in [0.2, 0.25) is 0 Å². The van der Waals surface area contributed by atoms with E-state index in [1.165, 1.54) is 0 Å². The second-order valence-electron chi connectivity index (χ2n) is 2.65. The van der Waals surface area contributed by atoms with Crippen molar-refractivity contribution in [2.75, 3.05) is 5.73 Å². The first-order chi connectivity index (χ1) is 7.39. The quantitative estimate of drug-likeness (QED) is 0.818. The van der Waals surface area contributed by atoms with Gasteiger partial charge in [-0.25, -0.2) is 0 Å². The molecule has 0 aliphatic carbocycles.